The van der Waals surface area contributed by atoms with Gasteiger partial charge in [-0.3, -0.25) is 0 Å². The number of nitrogens with two attached hydrogens (primary N) is 1. The fourth-order valence-electron chi connectivity index (χ4n) is 1.84. The third kappa shape index (κ3) is 4.41. The van der Waals surface area contributed by atoms with Crippen LogP contribution >= 0.6 is 0 Å². The lowest BCUT2D eigenvalue weighted by molar-refractivity contribution is 0.992. The first-order valence-corrected chi connectivity index (χ1v) is 6.69. The van der Waals surface area contributed by atoms with Gasteiger partial charge < -0.3 is 11.1 Å². The summed E-state index contributed by atoms with van der Waals surface area (Å²) in [6.45, 7) is 3.14. The van der Waals surface area contributed by atoms with Crippen molar-refractivity contribution >= 4 is 18.0 Å². The SMILES string of the molecule is Cc1cc(NCCN)nc(/C=C/c2cccc(C#N)c2)n1. The van der Waals surface area contributed by atoms with Crippen LogP contribution in [0, 0.1) is 18.3 Å². The molecule has 0 spiro atoms. The number of hydrogen-bond acceptors (Lipinski definition) is 5. The molecule has 0 amide bonds. The number of aryl methyl sites for hydroxylation is 1. The molecule has 0 saturated carbocycles. The normalized spacial score (nSPS) is 10.5. The van der Waals surface area contributed by atoms with E-state index in [0.29, 0.717) is 24.5 Å². The molecule has 0 bridgehead atoms. The van der Waals surface area contributed by atoms with E-state index in [1.807, 2.05) is 43.3 Å². The van der Waals surface area contributed by atoms with Crippen molar-refractivity contribution in [2.45, 2.75) is 6.92 Å². The fraction of sp³-hybridized carbons (Fsp3) is 0.188. The van der Waals surface area contributed by atoms with Gasteiger partial charge in [0.2, 0.25) is 0 Å². The molecule has 0 aliphatic rings. The average molecular weight is 279 g/mol. The zero-order chi connectivity index (χ0) is 15.1. The van der Waals surface area contributed by atoms with Gasteiger partial charge in [-0.2, -0.15) is 5.26 Å². The summed E-state index contributed by atoms with van der Waals surface area (Å²) in [7, 11) is 0. The van der Waals surface area contributed by atoms with Crippen LogP contribution in [-0.4, -0.2) is 23.1 Å². The fourth-order valence-corrected chi connectivity index (χ4v) is 1.84. The Morgan fingerprint density at radius 1 is 1.29 bits per heavy atom. The van der Waals surface area contributed by atoms with Gasteiger partial charge in [-0.25, -0.2) is 9.97 Å². The van der Waals surface area contributed by atoms with Crippen molar-refractivity contribution in [2.24, 2.45) is 5.73 Å². The quantitative estimate of drug-likeness (QED) is 0.876. The van der Waals surface area contributed by atoms with E-state index in [2.05, 4.69) is 21.4 Å². The highest BCUT2D eigenvalue weighted by Crippen LogP contribution is 2.11. The monoisotopic (exact) mass is 279 g/mol. The number of nitriles is 1. The van der Waals surface area contributed by atoms with Crippen molar-refractivity contribution in [3.63, 3.8) is 0 Å². The van der Waals surface area contributed by atoms with Crippen molar-refractivity contribution in [1.29, 1.82) is 5.26 Å². The molecule has 1 heterocycles. The van der Waals surface area contributed by atoms with E-state index in [0.717, 1.165) is 17.1 Å². The molecule has 3 N–H and O–H groups in total. The Labute approximate surface area is 124 Å². The molecule has 2 aromatic rings. The Kier molecular flexibility index (Phi) is 5.02. The van der Waals surface area contributed by atoms with Crippen molar-refractivity contribution in [2.75, 3.05) is 18.4 Å². The van der Waals surface area contributed by atoms with Gasteiger partial charge in [0.25, 0.3) is 0 Å². The summed E-state index contributed by atoms with van der Waals surface area (Å²) in [5.41, 5.74) is 7.92. The molecule has 0 radical (unpaired) electrons. The predicted molar refractivity (Wildman–Crippen MR) is 84.4 cm³/mol. The van der Waals surface area contributed by atoms with Crippen LogP contribution in [0.5, 0.6) is 0 Å². The van der Waals surface area contributed by atoms with Gasteiger partial charge in [0.15, 0.2) is 5.82 Å². The summed E-state index contributed by atoms with van der Waals surface area (Å²) in [5.74, 6) is 1.38. The largest absolute Gasteiger partial charge is 0.369 e. The van der Waals surface area contributed by atoms with Gasteiger partial charge in [-0.15, -0.1) is 0 Å². The molecular formula is C16H17N5. The summed E-state index contributed by atoms with van der Waals surface area (Å²) in [6.07, 6.45) is 3.72. The van der Waals surface area contributed by atoms with Crippen molar-refractivity contribution < 1.29 is 0 Å². The molecule has 0 aliphatic carbocycles. The van der Waals surface area contributed by atoms with E-state index in [9.17, 15) is 0 Å². The second-order valence-electron chi connectivity index (χ2n) is 4.54. The van der Waals surface area contributed by atoms with Crippen LogP contribution in [-0.2, 0) is 0 Å². The number of nitrogens with zero attached hydrogens (tertiary/aromatic N) is 3. The molecule has 5 heteroatoms. The maximum atomic E-state index is 8.89. The van der Waals surface area contributed by atoms with Gasteiger partial charge in [-0.1, -0.05) is 18.2 Å². The van der Waals surface area contributed by atoms with Crippen molar-refractivity contribution in [3.8, 4) is 6.07 Å². The molecule has 0 saturated heterocycles. The first-order chi connectivity index (χ1) is 10.2. The molecule has 0 aliphatic heterocycles. The number of hydrogen-bond donors (Lipinski definition) is 2. The molecular weight excluding hydrogens is 262 g/mol. The maximum absolute atomic E-state index is 8.89. The highest BCUT2D eigenvalue weighted by molar-refractivity contribution is 5.67. The average Bonchev–Trinajstić information content (AvgIpc) is 2.50. The summed E-state index contributed by atoms with van der Waals surface area (Å²) >= 11 is 0. The molecule has 1 aromatic heterocycles. The van der Waals surface area contributed by atoms with Crippen LogP contribution in [0.15, 0.2) is 30.3 Å². The van der Waals surface area contributed by atoms with Gasteiger partial charge in [0.1, 0.15) is 5.82 Å². The van der Waals surface area contributed by atoms with E-state index in [1.165, 1.54) is 0 Å². The van der Waals surface area contributed by atoms with Gasteiger partial charge in [-0.05, 0) is 30.7 Å². The summed E-state index contributed by atoms with van der Waals surface area (Å²) in [4.78, 5) is 8.76. The summed E-state index contributed by atoms with van der Waals surface area (Å²) < 4.78 is 0. The number of rotatable bonds is 5. The highest BCUT2D eigenvalue weighted by Gasteiger charge is 1.99. The Balaban J connectivity index is 2.20. The van der Waals surface area contributed by atoms with Crippen molar-refractivity contribution in [3.05, 3.63) is 53.0 Å². The molecule has 1 aromatic carbocycles. The number of aromatic nitrogens is 2. The first kappa shape index (κ1) is 14.7. The van der Waals surface area contributed by atoms with Crippen LogP contribution < -0.4 is 11.1 Å². The number of benzene rings is 1. The zero-order valence-corrected chi connectivity index (χ0v) is 11.9. The van der Waals surface area contributed by atoms with Gasteiger partial charge >= 0.3 is 0 Å². The third-order valence-corrected chi connectivity index (χ3v) is 2.76. The Morgan fingerprint density at radius 2 is 2.14 bits per heavy atom. The summed E-state index contributed by atoms with van der Waals surface area (Å²) in [6, 6.07) is 11.4. The second-order valence-corrected chi connectivity index (χ2v) is 4.54. The Bertz CT molecular complexity index is 685. The smallest absolute Gasteiger partial charge is 0.154 e. The second kappa shape index (κ2) is 7.17. The lowest BCUT2D eigenvalue weighted by Gasteiger charge is -2.05. The van der Waals surface area contributed by atoms with Crippen LogP contribution in [0.1, 0.15) is 22.6 Å². The zero-order valence-electron chi connectivity index (χ0n) is 11.9. The van der Waals surface area contributed by atoms with E-state index in [4.69, 9.17) is 11.0 Å². The number of anilines is 1. The van der Waals surface area contributed by atoms with Gasteiger partial charge in [0.05, 0.1) is 11.6 Å². The molecule has 106 valence electrons. The van der Waals surface area contributed by atoms with Crippen molar-refractivity contribution in [1.82, 2.24) is 9.97 Å². The minimum Gasteiger partial charge on any atom is -0.369 e. The van der Waals surface area contributed by atoms with E-state index in [-0.39, 0.29) is 0 Å². The Morgan fingerprint density at radius 3 is 2.90 bits per heavy atom. The minimum absolute atomic E-state index is 0.551. The molecule has 21 heavy (non-hydrogen) atoms. The molecule has 0 fully saturated rings. The molecule has 5 nitrogen and oxygen atoms in total. The van der Waals surface area contributed by atoms with Crippen LogP contribution in [0.3, 0.4) is 0 Å². The van der Waals surface area contributed by atoms with Crippen LogP contribution in [0.25, 0.3) is 12.2 Å². The van der Waals surface area contributed by atoms with Gasteiger partial charge in [0, 0.05) is 24.8 Å². The standard InChI is InChI=1S/C16H17N5/c1-12-9-16(19-8-7-17)21-15(20-12)6-5-13-3-2-4-14(10-13)11-18/h2-6,9-10H,7-8,17H2,1H3,(H,19,20,21)/b6-5+. The maximum Gasteiger partial charge on any atom is 0.154 e. The van der Waals surface area contributed by atoms with Crippen LogP contribution in [0.4, 0.5) is 5.82 Å². The predicted octanol–water partition coefficient (Wildman–Crippen LogP) is 2.20. The highest BCUT2D eigenvalue weighted by atomic mass is 15.0. The van der Waals surface area contributed by atoms with Crippen LogP contribution in [0.2, 0.25) is 0 Å². The number of nitrogens with one attached hydrogen (secondary N) is 1. The van der Waals surface area contributed by atoms with E-state index < -0.39 is 0 Å². The lowest BCUT2D eigenvalue weighted by atomic mass is 10.1. The van der Waals surface area contributed by atoms with E-state index >= 15 is 0 Å². The topological polar surface area (TPSA) is 87.6 Å². The minimum atomic E-state index is 0.551. The lowest BCUT2D eigenvalue weighted by Crippen LogP contribution is -2.14. The van der Waals surface area contributed by atoms with E-state index in [1.54, 1.807) is 6.07 Å². The first-order valence-electron chi connectivity index (χ1n) is 6.69. The summed E-state index contributed by atoms with van der Waals surface area (Å²) in [5, 5.41) is 12.0. The third-order valence-electron chi connectivity index (χ3n) is 2.76. The Hall–Kier alpha value is -2.71. The molecule has 0 unspecified atom stereocenters. The molecule has 2 rings (SSSR count). The molecule has 0 atom stereocenters.